The molecule has 0 radical (unpaired) electrons. The Kier molecular flexibility index (Phi) is 5.46. The number of fused-ring (bicyclic) bond motifs is 1. The van der Waals surface area contributed by atoms with Gasteiger partial charge in [-0.05, 0) is 30.2 Å². The smallest absolute Gasteiger partial charge is 0.273 e. The zero-order valence-electron chi connectivity index (χ0n) is 17.2. The minimum absolute atomic E-state index is 0.0538. The molecule has 4 rings (SSSR count). The van der Waals surface area contributed by atoms with Gasteiger partial charge in [-0.3, -0.25) is 9.48 Å². The van der Waals surface area contributed by atoms with E-state index >= 15 is 0 Å². The van der Waals surface area contributed by atoms with Crippen LogP contribution in [-0.4, -0.2) is 37.4 Å². The fraction of sp³-hybridized carbons (Fsp3) is 0.190. The van der Waals surface area contributed by atoms with Crippen molar-refractivity contribution in [2.24, 2.45) is 18.5 Å². The fourth-order valence-corrected chi connectivity index (χ4v) is 3.31. The van der Waals surface area contributed by atoms with Crippen molar-refractivity contribution in [1.29, 1.82) is 0 Å². The number of aryl methyl sites for hydroxylation is 2. The summed E-state index contributed by atoms with van der Waals surface area (Å²) < 4.78 is 1.75. The second-order valence-electron chi connectivity index (χ2n) is 7.25. The van der Waals surface area contributed by atoms with Crippen LogP contribution in [0.3, 0.4) is 0 Å². The number of carbonyl (C=O) groups is 1. The predicted molar refractivity (Wildman–Crippen MR) is 119 cm³/mol. The molecular formula is C21H23N9O. The molecule has 10 heteroatoms. The third kappa shape index (κ3) is 4.43. The fourth-order valence-electron chi connectivity index (χ4n) is 3.31. The van der Waals surface area contributed by atoms with Crippen molar-refractivity contribution < 1.29 is 4.79 Å². The molecule has 158 valence electrons. The molecule has 1 amide bonds. The summed E-state index contributed by atoms with van der Waals surface area (Å²) in [7, 11) is 1.87. The van der Waals surface area contributed by atoms with Crippen LogP contribution in [0.4, 0.5) is 17.5 Å². The van der Waals surface area contributed by atoms with Gasteiger partial charge >= 0.3 is 0 Å². The number of hydrogen-bond donors (Lipinski definition) is 4. The highest BCUT2D eigenvalue weighted by atomic mass is 16.1. The van der Waals surface area contributed by atoms with Crippen molar-refractivity contribution in [3.63, 3.8) is 0 Å². The molecule has 2 aromatic carbocycles. The largest absolute Gasteiger partial charge is 0.364 e. The van der Waals surface area contributed by atoms with Crippen LogP contribution in [0.2, 0.25) is 0 Å². The van der Waals surface area contributed by atoms with Gasteiger partial charge in [-0.25, -0.2) is 0 Å². The van der Waals surface area contributed by atoms with E-state index < -0.39 is 5.91 Å². The quantitative estimate of drug-likeness (QED) is 0.357. The number of benzene rings is 2. The molecule has 2 heterocycles. The van der Waals surface area contributed by atoms with Crippen molar-refractivity contribution >= 4 is 34.3 Å². The number of hydrogen-bond acceptors (Lipinski definition) is 8. The van der Waals surface area contributed by atoms with Gasteiger partial charge in [0.1, 0.15) is 0 Å². The molecule has 31 heavy (non-hydrogen) atoms. The summed E-state index contributed by atoms with van der Waals surface area (Å²) in [4.78, 5) is 16.2. The van der Waals surface area contributed by atoms with Crippen molar-refractivity contribution in [1.82, 2.24) is 25.0 Å². The van der Waals surface area contributed by atoms with Crippen molar-refractivity contribution in [3.8, 4) is 0 Å². The lowest BCUT2D eigenvalue weighted by Gasteiger charge is -2.14. The highest BCUT2D eigenvalue weighted by Gasteiger charge is 2.16. The lowest BCUT2D eigenvalue weighted by Crippen LogP contribution is -2.23. The molecule has 0 aliphatic rings. The van der Waals surface area contributed by atoms with Crippen molar-refractivity contribution in [3.05, 3.63) is 65.5 Å². The number of nitrogens with one attached hydrogen (secondary N) is 2. The Labute approximate surface area is 178 Å². The van der Waals surface area contributed by atoms with Crippen LogP contribution in [-0.2, 0) is 7.05 Å². The Morgan fingerprint density at radius 2 is 1.97 bits per heavy atom. The second-order valence-corrected chi connectivity index (χ2v) is 7.25. The maximum atomic E-state index is 11.8. The molecular weight excluding hydrogens is 394 g/mol. The number of aromatic nitrogens is 5. The SMILES string of the molecule is Cc1cc(Nc2nc(NC[C@@H](N)c3ccccc3)nnc2C(N)=O)cc2cn(C)nc12. The standard InChI is InChI=1S/C21H23N9O/c1-12-8-15(9-14-11-30(2)29-17(12)14)25-20-18(19(23)31)27-28-21(26-20)24-10-16(22)13-6-4-3-5-7-13/h3-9,11,16H,10,22H2,1-2H3,(H2,23,31)(H2,24,25,26,28)/t16-/m1/s1. The average Bonchev–Trinajstić information content (AvgIpc) is 3.13. The van der Waals surface area contributed by atoms with Crippen molar-refractivity contribution in [2.45, 2.75) is 13.0 Å². The first kappa shape index (κ1) is 20.2. The first-order valence-corrected chi connectivity index (χ1v) is 9.70. The van der Waals surface area contributed by atoms with Gasteiger partial charge in [-0.15, -0.1) is 10.2 Å². The summed E-state index contributed by atoms with van der Waals surface area (Å²) >= 11 is 0. The molecule has 4 aromatic rings. The van der Waals surface area contributed by atoms with Crippen LogP contribution in [0.1, 0.15) is 27.7 Å². The first-order valence-electron chi connectivity index (χ1n) is 9.70. The summed E-state index contributed by atoms with van der Waals surface area (Å²) in [5.74, 6) is -0.284. The second kappa shape index (κ2) is 8.36. The van der Waals surface area contributed by atoms with Crippen LogP contribution >= 0.6 is 0 Å². The van der Waals surface area contributed by atoms with E-state index in [-0.39, 0.29) is 23.5 Å². The van der Waals surface area contributed by atoms with Crippen LogP contribution in [0.15, 0.2) is 48.7 Å². The molecule has 0 aliphatic carbocycles. The maximum Gasteiger partial charge on any atom is 0.273 e. The zero-order chi connectivity index (χ0) is 22.0. The number of rotatable bonds is 7. The topological polar surface area (TPSA) is 150 Å². The van der Waals surface area contributed by atoms with Gasteiger partial charge in [0.15, 0.2) is 11.5 Å². The molecule has 1 atom stereocenters. The minimum Gasteiger partial charge on any atom is -0.364 e. The molecule has 0 unspecified atom stereocenters. The van der Waals surface area contributed by atoms with Crippen LogP contribution in [0, 0.1) is 6.92 Å². The number of carbonyl (C=O) groups excluding carboxylic acids is 1. The summed E-state index contributed by atoms with van der Waals surface area (Å²) in [6.07, 6.45) is 1.92. The third-order valence-electron chi connectivity index (χ3n) is 4.80. The van der Waals surface area contributed by atoms with Gasteiger partial charge in [0.2, 0.25) is 5.95 Å². The molecule has 0 fully saturated rings. The summed E-state index contributed by atoms with van der Waals surface area (Å²) in [6.45, 7) is 2.35. The van der Waals surface area contributed by atoms with E-state index in [1.807, 2.05) is 62.6 Å². The van der Waals surface area contributed by atoms with E-state index in [1.165, 1.54) is 0 Å². The lowest BCUT2D eigenvalue weighted by atomic mass is 10.1. The van der Waals surface area contributed by atoms with Gasteiger partial charge in [0.25, 0.3) is 5.91 Å². The Balaban J connectivity index is 1.58. The summed E-state index contributed by atoms with van der Waals surface area (Å²) in [5.41, 5.74) is 15.2. The predicted octanol–water partition coefficient (Wildman–Crippen LogP) is 2.02. The van der Waals surface area contributed by atoms with Gasteiger partial charge in [-0.2, -0.15) is 10.1 Å². The van der Waals surface area contributed by atoms with Crippen LogP contribution in [0.25, 0.3) is 10.9 Å². The minimum atomic E-state index is -0.728. The molecule has 0 saturated heterocycles. The highest BCUT2D eigenvalue weighted by molar-refractivity contribution is 5.96. The van der Waals surface area contributed by atoms with Gasteiger partial charge in [-0.1, -0.05) is 30.3 Å². The van der Waals surface area contributed by atoms with E-state index in [0.29, 0.717) is 6.54 Å². The Bertz CT molecular complexity index is 1240. The van der Waals surface area contributed by atoms with E-state index in [2.05, 4.69) is 30.9 Å². The lowest BCUT2D eigenvalue weighted by molar-refractivity contribution is 0.0995. The number of amides is 1. The normalized spacial score (nSPS) is 12.0. The van der Waals surface area contributed by atoms with Crippen LogP contribution < -0.4 is 22.1 Å². The average molecular weight is 417 g/mol. The molecule has 0 spiro atoms. The Morgan fingerprint density at radius 1 is 1.19 bits per heavy atom. The van der Waals surface area contributed by atoms with E-state index in [9.17, 15) is 4.79 Å². The van der Waals surface area contributed by atoms with Gasteiger partial charge in [0, 0.05) is 36.9 Å². The number of nitrogens with two attached hydrogens (primary N) is 2. The molecule has 0 aliphatic heterocycles. The third-order valence-corrected chi connectivity index (χ3v) is 4.80. The van der Waals surface area contributed by atoms with E-state index in [4.69, 9.17) is 11.5 Å². The molecule has 6 N–H and O–H groups in total. The molecule has 0 bridgehead atoms. The number of anilines is 3. The highest BCUT2D eigenvalue weighted by Crippen LogP contribution is 2.25. The van der Waals surface area contributed by atoms with E-state index in [1.54, 1.807) is 4.68 Å². The Morgan fingerprint density at radius 3 is 2.71 bits per heavy atom. The molecule has 2 aromatic heterocycles. The van der Waals surface area contributed by atoms with Crippen LogP contribution in [0.5, 0.6) is 0 Å². The Hall–Kier alpha value is -4.05. The molecule has 0 saturated carbocycles. The monoisotopic (exact) mass is 417 g/mol. The zero-order valence-corrected chi connectivity index (χ0v) is 17.2. The number of nitrogens with zero attached hydrogens (tertiary/aromatic N) is 5. The van der Waals surface area contributed by atoms with Crippen molar-refractivity contribution in [2.75, 3.05) is 17.2 Å². The molecule has 10 nitrogen and oxygen atoms in total. The maximum absolute atomic E-state index is 11.8. The number of primary amides is 1. The summed E-state index contributed by atoms with van der Waals surface area (Å²) in [5, 5.41) is 19.5. The first-order chi connectivity index (χ1) is 14.9. The van der Waals surface area contributed by atoms with Gasteiger partial charge < -0.3 is 22.1 Å². The summed E-state index contributed by atoms with van der Waals surface area (Å²) in [6, 6.07) is 13.3. The van der Waals surface area contributed by atoms with E-state index in [0.717, 1.165) is 27.7 Å². The van der Waals surface area contributed by atoms with Gasteiger partial charge in [0.05, 0.1) is 5.52 Å².